The van der Waals surface area contributed by atoms with E-state index in [4.69, 9.17) is 4.52 Å². The van der Waals surface area contributed by atoms with Gasteiger partial charge in [0.15, 0.2) is 5.82 Å². The summed E-state index contributed by atoms with van der Waals surface area (Å²) < 4.78 is 5.16. The number of hydrogen-bond acceptors (Lipinski definition) is 6. The zero-order chi connectivity index (χ0) is 17.6. The Labute approximate surface area is 150 Å². The maximum atomic E-state index is 12.6. The first kappa shape index (κ1) is 18.3. The van der Waals surface area contributed by atoms with Crippen molar-refractivity contribution >= 4 is 5.91 Å². The molecule has 0 aromatic carbocycles. The Hall–Kier alpha value is -1.47. The molecule has 2 fully saturated rings. The first-order valence-electron chi connectivity index (χ1n) is 9.68. The number of piperidine rings is 1. The Kier molecular flexibility index (Phi) is 6.42. The summed E-state index contributed by atoms with van der Waals surface area (Å²) in [5.41, 5.74) is 0. The summed E-state index contributed by atoms with van der Waals surface area (Å²) in [5.74, 6) is 2.93. The average molecular weight is 349 g/mol. The summed E-state index contributed by atoms with van der Waals surface area (Å²) in [6.45, 7) is 10.5. The smallest absolute Gasteiger partial charge is 0.226 e. The van der Waals surface area contributed by atoms with Crippen LogP contribution in [0.4, 0.5) is 0 Å². The summed E-state index contributed by atoms with van der Waals surface area (Å²) in [7, 11) is 0. The zero-order valence-corrected chi connectivity index (χ0v) is 15.5. The molecule has 25 heavy (non-hydrogen) atoms. The summed E-state index contributed by atoms with van der Waals surface area (Å²) in [4.78, 5) is 21.3. The molecule has 3 heterocycles. The molecule has 0 radical (unpaired) electrons. The number of nitrogens with zero attached hydrogens (tertiary/aromatic N) is 4. The van der Waals surface area contributed by atoms with Gasteiger partial charge in [-0.25, -0.2) is 0 Å². The third-order valence-electron chi connectivity index (χ3n) is 5.59. The van der Waals surface area contributed by atoms with Gasteiger partial charge in [0.25, 0.3) is 0 Å². The Morgan fingerprint density at radius 1 is 1.28 bits per heavy atom. The molecule has 0 saturated carbocycles. The minimum atomic E-state index is 0.318. The minimum Gasteiger partial charge on any atom is -0.340 e. The molecule has 1 N–H and O–H groups in total. The average Bonchev–Trinajstić information content (AvgIpc) is 3.10. The van der Waals surface area contributed by atoms with Gasteiger partial charge in [0.1, 0.15) is 0 Å². The topological polar surface area (TPSA) is 74.5 Å². The molecule has 1 amide bonds. The number of carbonyl (C=O) groups excluding carboxylic acids is 1. The van der Waals surface area contributed by atoms with Crippen LogP contribution >= 0.6 is 0 Å². The highest BCUT2D eigenvalue weighted by Crippen LogP contribution is 2.25. The molecule has 2 aliphatic heterocycles. The molecule has 1 aromatic rings. The Morgan fingerprint density at radius 3 is 2.64 bits per heavy atom. The molecule has 1 atom stereocenters. The molecule has 1 unspecified atom stereocenters. The largest absolute Gasteiger partial charge is 0.340 e. The zero-order valence-electron chi connectivity index (χ0n) is 15.5. The van der Waals surface area contributed by atoms with Gasteiger partial charge in [0.2, 0.25) is 11.8 Å². The maximum absolute atomic E-state index is 12.6. The summed E-state index contributed by atoms with van der Waals surface area (Å²) in [6, 6.07) is 0. The second-order valence-electron chi connectivity index (χ2n) is 7.38. The molecule has 7 heteroatoms. The fourth-order valence-electron chi connectivity index (χ4n) is 3.84. The lowest BCUT2D eigenvalue weighted by molar-refractivity contribution is -0.134. The predicted molar refractivity (Wildman–Crippen MR) is 94.9 cm³/mol. The first-order valence-corrected chi connectivity index (χ1v) is 9.68. The van der Waals surface area contributed by atoms with E-state index in [1.165, 1.54) is 12.8 Å². The number of hydrogen-bond donors (Lipinski definition) is 1. The number of amides is 1. The van der Waals surface area contributed by atoms with Crippen LogP contribution in [-0.2, 0) is 17.8 Å². The van der Waals surface area contributed by atoms with E-state index in [1.807, 2.05) is 11.8 Å². The van der Waals surface area contributed by atoms with Crippen LogP contribution in [0.15, 0.2) is 4.52 Å². The summed E-state index contributed by atoms with van der Waals surface area (Å²) in [5, 5.41) is 7.41. The van der Waals surface area contributed by atoms with Crippen molar-refractivity contribution in [1.82, 2.24) is 25.3 Å². The van der Waals surface area contributed by atoms with Gasteiger partial charge in [-0.05, 0) is 37.8 Å². The van der Waals surface area contributed by atoms with E-state index in [0.29, 0.717) is 36.6 Å². The SMILES string of the molecule is CCc1nc(CN2CCN(C(=O)CC(C)C3CCNCC3)CC2)no1. The molecule has 0 bridgehead atoms. The monoisotopic (exact) mass is 349 g/mol. The first-order chi connectivity index (χ1) is 12.2. The van der Waals surface area contributed by atoms with Crippen LogP contribution in [0, 0.1) is 11.8 Å². The van der Waals surface area contributed by atoms with Crippen LogP contribution in [0.25, 0.3) is 0 Å². The highest BCUT2D eigenvalue weighted by atomic mass is 16.5. The fraction of sp³-hybridized carbons (Fsp3) is 0.833. The second-order valence-corrected chi connectivity index (χ2v) is 7.38. The Morgan fingerprint density at radius 2 is 2.00 bits per heavy atom. The molecule has 140 valence electrons. The van der Waals surface area contributed by atoms with Crippen molar-refractivity contribution in [3.05, 3.63) is 11.7 Å². The molecule has 0 aliphatic carbocycles. The standard InChI is InChI=1S/C18H31N5O2/c1-3-17-20-16(21-25-17)13-22-8-10-23(11-9-22)18(24)12-14(2)15-4-6-19-7-5-15/h14-15,19H,3-13H2,1-2H3. The van der Waals surface area contributed by atoms with Crippen molar-refractivity contribution in [3.63, 3.8) is 0 Å². The van der Waals surface area contributed by atoms with E-state index in [0.717, 1.165) is 51.5 Å². The summed E-state index contributed by atoms with van der Waals surface area (Å²) in [6.07, 6.45) is 3.86. The van der Waals surface area contributed by atoms with Crippen LogP contribution in [0.5, 0.6) is 0 Å². The van der Waals surface area contributed by atoms with Crippen LogP contribution in [-0.4, -0.2) is 65.1 Å². The number of aryl methyl sites for hydroxylation is 1. The molecule has 2 aliphatic rings. The highest BCUT2D eigenvalue weighted by Gasteiger charge is 2.26. The van der Waals surface area contributed by atoms with Gasteiger partial charge in [0.05, 0.1) is 6.54 Å². The lowest BCUT2D eigenvalue weighted by Gasteiger charge is -2.35. The number of piperazine rings is 1. The van der Waals surface area contributed by atoms with Crippen LogP contribution in [0.3, 0.4) is 0 Å². The summed E-state index contributed by atoms with van der Waals surface area (Å²) >= 11 is 0. The Bertz CT molecular complexity index is 547. The predicted octanol–water partition coefficient (Wildman–Crippen LogP) is 1.30. The third kappa shape index (κ3) is 5.01. The number of aromatic nitrogens is 2. The van der Waals surface area contributed by atoms with Crippen molar-refractivity contribution in [2.24, 2.45) is 11.8 Å². The van der Waals surface area contributed by atoms with E-state index in [2.05, 4.69) is 27.3 Å². The fourth-order valence-corrected chi connectivity index (χ4v) is 3.84. The number of nitrogens with one attached hydrogen (secondary N) is 1. The van der Waals surface area contributed by atoms with Crippen LogP contribution in [0.2, 0.25) is 0 Å². The highest BCUT2D eigenvalue weighted by molar-refractivity contribution is 5.76. The molecule has 0 spiro atoms. The number of rotatable bonds is 6. The van der Waals surface area contributed by atoms with Crippen molar-refractivity contribution in [2.75, 3.05) is 39.3 Å². The normalized spacial score (nSPS) is 21.4. The van der Waals surface area contributed by atoms with Crippen molar-refractivity contribution in [1.29, 1.82) is 0 Å². The molecule has 2 saturated heterocycles. The third-order valence-corrected chi connectivity index (χ3v) is 5.59. The second kappa shape index (κ2) is 8.76. The lowest BCUT2D eigenvalue weighted by atomic mass is 9.84. The van der Waals surface area contributed by atoms with Crippen molar-refractivity contribution in [2.45, 2.75) is 46.1 Å². The van der Waals surface area contributed by atoms with Gasteiger partial charge in [-0.2, -0.15) is 4.98 Å². The van der Waals surface area contributed by atoms with Gasteiger partial charge in [-0.3, -0.25) is 9.69 Å². The van der Waals surface area contributed by atoms with E-state index < -0.39 is 0 Å². The van der Waals surface area contributed by atoms with Crippen molar-refractivity contribution < 1.29 is 9.32 Å². The van der Waals surface area contributed by atoms with Crippen LogP contribution < -0.4 is 5.32 Å². The van der Waals surface area contributed by atoms with Crippen molar-refractivity contribution in [3.8, 4) is 0 Å². The molecular formula is C18H31N5O2. The molecular weight excluding hydrogens is 318 g/mol. The minimum absolute atomic E-state index is 0.318. The molecule has 7 nitrogen and oxygen atoms in total. The molecule has 3 rings (SSSR count). The maximum Gasteiger partial charge on any atom is 0.226 e. The van der Waals surface area contributed by atoms with Gasteiger partial charge >= 0.3 is 0 Å². The van der Waals surface area contributed by atoms with Crippen LogP contribution in [0.1, 0.15) is 44.8 Å². The number of carbonyl (C=O) groups is 1. The Balaban J connectivity index is 1.41. The van der Waals surface area contributed by atoms with E-state index in [-0.39, 0.29) is 0 Å². The van der Waals surface area contributed by atoms with Gasteiger partial charge in [-0.1, -0.05) is 19.0 Å². The van der Waals surface area contributed by atoms with E-state index in [9.17, 15) is 4.79 Å². The lowest BCUT2D eigenvalue weighted by Crippen LogP contribution is -2.48. The van der Waals surface area contributed by atoms with E-state index in [1.54, 1.807) is 0 Å². The molecule has 1 aromatic heterocycles. The van der Waals surface area contributed by atoms with Gasteiger partial charge in [0, 0.05) is 39.0 Å². The quantitative estimate of drug-likeness (QED) is 0.834. The van der Waals surface area contributed by atoms with Gasteiger partial charge < -0.3 is 14.7 Å². The van der Waals surface area contributed by atoms with Gasteiger partial charge in [-0.15, -0.1) is 0 Å². The van der Waals surface area contributed by atoms with E-state index >= 15 is 0 Å².